The summed E-state index contributed by atoms with van der Waals surface area (Å²) in [6, 6.07) is 4.36. The lowest BCUT2D eigenvalue weighted by Crippen LogP contribution is -1.89. The lowest BCUT2D eigenvalue weighted by Gasteiger charge is -2.06. The molecule has 0 nitrogen and oxygen atoms in total. The van der Waals surface area contributed by atoms with E-state index in [2.05, 4.69) is 48.8 Å². The Labute approximate surface area is 90.5 Å². The Morgan fingerprint density at radius 3 is 2.15 bits per heavy atom. The Morgan fingerprint density at radius 2 is 1.69 bits per heavy atom. The maximum absolute atomic E-state index is 3.49. The summed E-state index contributed by atoms with van der Waals surface area (Å²) in [4.78, 5) is 0. The van der Waals surface area contributed by atoms with Crippen LogP contribution in [0.1, 0.15) is 37.5 Å². The van der Waals surface area contributed by atoms with Gasteiger partial charge in [-0.2, -0.15) is 0 Å². The molecule has 0 fully saturated rings. The van der Waals surface area contributed by atoms with Gasteiger partial charge in [0, 0.05) is 4.47 Å². The molecule has 0 bridgehead atoms. The van der Waals surface area contributed by atoms with E-state index in [0.717, 1.165) is 6.42 Å². The van der Waals surface area contributed by atoms with E-state index in [1.165, 1.54) is 21.2 Å². The molecule has 0 aliphatic carbocycles. The van der Waals surface area contributed by atoms with Gasteiger partial charge >= 0.3 is 0 Å². The van der Waals surface area contributed by atoms with Crippen molar-refractivity contribution < 1.29 is 0 Å². The first-order valence-electron chi connectivity index (χ1n) is 4.90. The third-order valence-corrected chi connectivity index (χ3v) is 2.58. The molecule has 1 heteroatoms. The highest BCUT2D eigenvalue weighted by Gasteiger charge is 1.99. The third kappa shape index (κ3) is 3.51. The highest BCUT2D eigenvalue weighted by molar-refractivity contribution is 9.10. The minimum Gasteiger partial charge on any atom is -0.0683 e. The van der Waals surface area contributed by atoms with Gasteiger partial charge in [-0.3, -0.25) is 0 Å². The van der Waals surface area contributed by atoms with E-state index >= 15 is 0 Å². The molecule has 0 N–H and O–H groups in total. The maximum atomic E-state index is 3.49. The highest BCUT2D eigenvalue weighted by Crippen LogP contribution is 2.20. The van der Waals surface area contributed by atoms with Crippen LogP contribution in [0.25, 0.3) is 0 Å². The molecule has 0 aliphatic rings. The molecule has 0 unspecified atom stereocenters. The van der Waals surface area contributed by atoms with Crippen LogP contribution < -0.4 is 0 Å². The number of benzene rings is 1. The second-order valence-corrected chi connectivity index (χ2v) is 3.78. The molecule has 0 heterocycles. The van der Waals surface area contributed by atoms with Crippen LogP contribution in [0.3, 0.4) is 0 Å². The quantitative estimate of drug-likeness (QED) is 0.673. The monoisotopic (exact) mass is 242 g/mol. The van der Waals surface area contributed by atoms with Crippen molar-refractivity contribution in [1.82, 2.24) is 0 Å². The minimum absolute atomic E-state index is 1.12. The van der Waals surface area contributed by atoms with E-state index in [4.69, 9.17) is 0 Å². The van der Waals surface area contributed by atoms with Gasteiger partial charge in [-0.25, -0.2) is 0 Å². The summed E-state index contributed by atoms with van der Waals surface area (Å²) in [5, 5.41) is 0. The summed E-state index contributed by atoms with van der Waals surface area (Å²) < 4.78 is 1.19. The lowest BCUT2D eigenvalue weighted by molar-refractivity contribution is 1.09. The van der Waals surface area contributed by atoms with Gasteiger partial charge in [0.1, 0.15) is 0 Å². The molecule has 1 aromatic carbocycles. The summed E-state index contributed by atoms with van der Waals surface area (Å²) in [7, 11) is 0. The van der Waals surface area contributed by atoms with Crippen LogP contribution in [0.2, 0.25) is 0 Å². The average molecular weight is 243 g/mol. The lowest BCUT2D eigenvalue weighted by atomic mass is 10.0. The number of aryl methyl sites for hydroxylation is 2. The first kappa shape index (κ1) is 12.7. The first-order chi connectivity index (χ1) is 6.15. The molecule has 0 saturated heterocycles. The van der Waals surface area contributed by atoms with Crippen LogP contribution in [-0.4, -0.2) is 0 Å². The van der Waals surface area contributed by atoms with E-state index in [9.17, 15) is 0 Å². The molecule has 13 heavy (non-hydrogen) atoms. The smallest absolute Gasteiger partial charge is 0.0180 e. The van der Waals surface area contributed by atoms with E-state index in [0.29, 0.717) is 0 Å². The van der Waals surface area contributed by atoms with Crippen LogP contribution >= 0.6 is 15.9 Å². The zero-order valence-electron chi connectivity index (χ0n) is 9.24. The van der Waals surface area contributed by atoms with E-state index in [1.807, 2.05) is 13.8 Å². The molecule has 0 atom stereocenters. The van der Waals surface area contributed by atoms with Crippen molar-refractivity contribution in [1.29, 1.82) is 0 Å². The topological polar surface area (TPSA) is 0 Å². The number of halogens is 1. The van der Waals surface area contributed by atoms with Gasteiger partial charge in [0.15, 0.2) is 0 Å². The number of rotatable bonds is 1. The van der Waals surface area contributed by atoms with Gasteiger partial charge in [-0.05, 0) is 49.1 Å². The largest absolute Gasteiger partial charge is 0.0683 e. The molecule has 0 radical (unpaired) electrons. The normalized spacial score (nSPS) is 9.08. The maximum Gasteiger partial charge on any atom is 0.0180 e. The Hall–Kier alpha value is -0.300. The third-order valence-electron chi connectivity index (χ3n) is 2.12. The fourth-order valence-electron chi connectivity index (χ4n) is 1.25. The molecule has 0 spiro atoms. The van der Waals surface area contributed by atoms with Crippen molar-refractivity contribution in [3.05, 3.63) is 33.3 Å². The summed E-state index contributed by atoms with van der Waals surface area (Å²) in [5.41, 5.74) is 4.24. The van der Waals surface area contributed by atoms with Crippen LogP contribution in [0, 0.1) is 13.8 Å². The van der Waals surface area contributed by atoms with Crippen molar-refractivity contribution in [3.8, 4) is 0 Å². The molecule has 0 amide bonds. The second-order valence-electron chi connectivity index (χ2n) is 2.86. The SMILES string of the molecule is CC.CCc1cc(Br)cc(C)c1C. The summed E-state index contributed by atoms with van der Waals surface area (Å²) in [6.07, 6.45) is 1.12. The van der Waals surface area contributed by atoms with Crippen molar-refractivity contribution in [2.45, 2.75) is 41.0 Å². The molecule has 0 saturated carbocycles. The van der Waals surface area contributed by atoms with Crippen molar-refractivity contribution in [2.24, 2.45) is 0 Å². The minimum atomic E-state index is 1.12. The number of hydrogen-bond acceptors (Lipinski definition) is 0. The predicted molar refractivity (Wildman–Crippen MR) is 64.3 cm³/mol. The fraction of sp³-hybridized carbons (Fsp3) is 0.500. The van der Waals surface area contributed by atoms with Gasteiger partial charge in [0.25, 0.3) is 0 Å². The van der Waals surface area contributed by atoms with E-state index < -0.39 is 0 Å². The Morgan fingerprint density at radius 1 is 1.15 bits per heavy atom. The van der Waals surface area contributed by atoms with E-state index in [-0.39, 0.29) is 0 Å². The molecule has 0 aliphatic heterocycles. The highest BCUT2D eigenvalue weighted by atomic mass is 79.9. The zero-order chi connectivity index (χ0) is 10.4. The molecule has 0 aromatic heterocycles. The Balaban J connectivity index is 0.000000671. The summed E-state index contributed by atoms with van der Waals surface area (Å²) >= 11 is 3.49. The van der Waals surface area contributed by atoms with Crippen LogP contribution in [0.5, 0.6) is 0 Å². The Bertz CT molecular complexity index is 264. The molecule has 1 rings (SSSR count). The van der Waals surface area contributed by atoms with E-state index in [1.54, 1.807) is 0 Å². The molecule has 1 aromatic rings. The molecular formula is C12H19Br. The standard InChI is InChI=1S/C10H13Br.C2H6/c1-4-9-6-10(11)5-7(2)8(9)3;1-2/h5-6H,4H2,1-3H3;1-2H3. The van der Waals surface area contributed by atoms with Crippen LogP contribution in [0.4, 0.5) is 0 Å². The molecule has 74 valence electrons. The summed E-state index contributed by atoms with van der Waals surface area (Å²) in [6.45, 7) is 10.5. The van der Waals surface area contributed by atoms with Gasteiger partial charge < -0.3 is 0 Å². The zero-order valence-corrected chi connectivity index (χ0v) is 10.8. The van der Waals surface area contributed by atoms with Gasteiger partial charge in [-0.15, -0.1) is 0 Å². The van der Waals surface area contributed by atoms with Crippen molar-refractivity contribution >= 4 is 15.9 Å². The average Bonchev–Trinajstić information content (AvgIpc) is 2.14. The van der Waals surface area contributed by atoms with Crippen LogP contribution in [-0.2, 0) is 6.42 Å². The first-order valence-corrected chi connectivity index (χ1v) is 5.70. The van der Waals surface area contributed by atoms with Gasteiger partial charge in [-0.1, -0.05) is 36.7 Å². The predicted octanol–water partition coefficient (Wildman–Crippen LogP) is 4.65. The summed E-state index contributed by atoms with van der Waals surface area (Å²) in [5.74, 6) is 0. The number of hydrogen-bond donors (Lipinski definition) is 0. The second kappa shape index (κ2) is 6.20. The Kier molecular flexibility index (Phi) is 6.06. The fourth-order valence-corrected chi connectivity index (χ4v) is 1.87. The van der Waals surface area contributed by atoms with Crippen molar-refractivity contribution in [3.63, 3.8) is 0 Å². The van der Waals surface area contributed by atoms with Crippen LogP contribution in [0.15, 0.2) is 16.6 Å². The van der Waals surface area contributed by atoms with Gasteiger partial charge in [0.05, 0.1) is 0 Å². The molecular weight excluding hydrogens is 224 g/mol. The van der Waals surface area contributed by atoms with Gasteiger partial charge in [0.2, 0.25) is 0 Å². The van der Waals surface area contributed by atoms with Crippen molar-refractivity contribution in [2.75, 3.05) is 0 Å².